The zero-order valence-corrected chi connectivity index (χ0v) is 14.3. The maximum Gasteiger partial charge on any atom is 0.277 e. The summed E-state index contributed by atoms with van der Waals surface area (Å²) in [5.74, 6) is -0.260. The number of hydrogen-bond acceptors (Lipinski definition) is 5. The Bertz CT molecular complexity index is 1090. The van der Waals surface area contributed by atoms with Gasteiger partial charge in [0.25, 0.3) is 5.91 Å². The zero-order chi connectivity index (χ0) is 17.0. The highest BCUT2D eigenvalue weighted by Gasteiger charge is 2.22. The highest BCUT2D eigenvalue weighted by molar-refractivity contribution is 7.20. The number of H-pyrrole nitrogens is 1. The first-order valence-electron chi connectivity index (χ1n) is 7.58. The molecule has 0 aromatic carbocycles. The lowest BCUT2D eigenvalue weighted by Gasteiger charge is -2.09. The van der Waals surface area contributed by atoms with Gasteiger partial charge in [0, 0.05) is 17.3 Å². The molecule has 122 valence electrons. The van der Waals surface area contributed by atoms with E-state index < -0.39 is 5.91 Å². The van der Waals surface area contributed by atoms with Gasteiger partial charge >= 0.3 is 0 Å². The highest BCUT2D eigenvalue weighted by Crippen LogP contribution is 2.37. The minimum absolute atomic E-state index is 0.239. The highest BCUT2D eigenvalue weighted by atomic mass is 32.1. The van der Waals surface area contributed by atoms with Crippen LogP contribution >= 0.6 is 11.3 Å². The van der Waals surface area contributed by atoms with E-state index in [1.54, 1.807) is 10.8 Å². The number of rotatable bonds is 3. The quantitative estimate of drug-likeness (QED) is 0.598. The summed E-state index contributed by atoms with van der Waals surface area (Å²) in [6, 6.07) is 2.08. The van der Waals surface area contributed by atoms with Crippen molar-refractivity contribution in [2.45, 2.75) is 26.7 Å². The Hall–Kier alpha value is -2.74. The summed E-state index contributed by atoms with van der Waals surface area (Å²) in [6.07, 6.45) is 3.50. The van der Waals surface area contributed by atoms with E-state index >= 15 is 0 Å². The van der Waals surface area contributed by atoms with Gasteiger partial charge < -0.3 is 10.7 Å². The van der Waals surface area contributed by atoms with Gasteiger partial charge in [0.15, 0.2) is 10.7 Å². The van der Waals surface area contributed by atoms with Crippen molar-refractivity contribution in [2.75, 3.05) is 0 Å². The second-order valence-corrected chi connectivity index (χ2v) is 7.07. The summed E-state index contributed by atoms with van der Waals surface area (Å²) in [6.45, 7) is 6.23. The molecule has 24 heavy (non-hydrogen) atoms. The van der Waals surface area contributed by atoms with Gasteiger partial charge in [-0.05, 0) is 24.5 Å². The minimum atomic E-state index is -0.499. The Morgan fingerprint density at radius 3 is 2.92 bits per heavy atom. The molecule has 4 rings (SSSR count). The number of hydrogen-bond donors (Lipinski definition) is 2. The number of thiazole rings is 1. The molecule has 0 saturated carbocycles. The maximum atomic E-state index is 11.4. The van der Waals surface area contributed by atoms with E-state index in [2.05, 4.69) is 40.0 Å². The van der Waals surface area contributed by atoms with Crippen LogP contribution in [0.5, 0.6) is 0 Å². The number of carbonyl (C=O) groups excluding carboxylic acids is 1. The van der Waals surface area contributed by atoms with E-state index in [-0.39, 0.29) is 5.92 Å². The minimum Gasteiger partial charge on any atom is -0.364 e. The molecule has 4 heterocycles. The predicted molar refractivity (Wildman–Crippen MR) is 93.3 cm³/mol. The molecule has 4 aromatic heterocycles. The molecular weight excluding hydrogens is 324 g/mol. The van der Waals surface area contributed by atoms with Crippen LogP contribution in [0.1, 0.15) is 40.7 Å². The molecule has 0 aliphatic rings. The first-order valence-corrected chi connectivity index (χ1v) is 8.40. The molecule has 8 heteroatoms. The van der Waals surface area contributed by atoms with Gasteiger partial charge in [-0.25, -0.2) is 14.5 Å². The summed E-state index contributed by atoms with van der Waals surface area (Å²) in [7, 11) is 0. The number of nitrogens with one attached hydrogen (secondary N) is 1. The molecule has 7 nitrogen and oxygen atoms in total. The van der Waals surface area contributed by atoms with E-state index in [0.717, 1.165) is 38.4 Å². The van der Waals surface area contributed by atoms with Gasteiger partial charge in [-0.3, -0.25) is 4.79 Å². The van der Waals surface area contributed by atoms with E-state index in [1.807, 2.05) is 13.1 Å². The van der Waals surface area contributed by atoms with Gasteiger partial charge in [-0.15, -0.1) is 0 Å². The Labute approximate surface area is 141 Å². The van der Waals surface area contributed by atoms with Gasteiger partial charge in [0.2, 0.25) is 0 Å². The first kappa shape index (κ1) is 14.8. The van der Waals surface area contributed by atoms with Gasteiger partial charge in [0.05, 0.1) is 5.69 Å². The van der Waals surface area contributed by atoms with Crippen molar-refractivity contribution in [3.63, 3.8) is 0 Å². The smallest absolute Gasteiger partial charge is 0.277 e. The van der Waals surface area contributed by atoms with E-state index in [9.17, 15) is 4.79 Å². The third-order valence-electron chi connectivity index (χ3n) is 4.03. The number of fused-ring (bicyclic) bond motifs is 2. The average molecular weight is 340 g/mol. The monoisotopic (exact) mass is 340 g/mol. The number of primary amides is 1. The Morgan fingerprint density at radius 1 is 1.42 bits per heavy atom. The molecule has 0 fully saturated rings. The number of aromatic amines is 1. The van der Waals surface area contributed by atoms with Crippen LogP contribution in [-0.2, 0) is 0 Å². The van der Waals surface area contributed by atoms with Crippen molar-refractivity contribution < 1.29 is 4.79 Å². The fraction of sp³-hybridized carbons (Fsp3) is 0.250. The number of aromatic nitrogens is 5. The number of aryl methyl sites for hydroxylation is 1. The molecular formula is C16H16N6OS. The van der Waals surface area contributed by atoms with Crippen molar-refractivity contribution >= 4 is 33.2 Å². The van der Waals surface area contributed by atoms with Crippen LogP contribution in [0.15, 0.2) is 18.6 Å². The summed E-state index contributed by atoms with van der Waals surface area (Å²) in [5.41, 5.74) is 11.1. The zero-order valence-electron chi connectivity index (χ0n) is 13.5. The Morgan fingerprint density at radius 2 is 2.21 bits per heavy atom. The fourth-order valence-corrected chi connectivity index (χ4v) is 3.85. The third-order valence-corrected chi connectivity index (χ3v) is 5.01. The molecule has 0 unspecified atom stereocenters. The molecule has 0 saturated heterocycles. The lowest BCUT2D eigenvalue weighted by atomic mass is 9.99. The molecule has 0 radical (unpaired) electrons. The second kappa shape index (κ2) is 5.13. The molecule has 0 aliphatic heterocycles. The normalized spacial score (nSPS) is 11.8. The number of carbonyl (C=O) groups is 1. The third kappa shape index (κ3) is 2.10. The molecule has 0 aliphatic carbocycles. The van der Waals surface area contributed by atoms with Crippen molar-refractivity contribution in [2.24, 2.45) is 5.73 Å². The van der Waals surface area contributed by atoms with Gasteiger partial charge in [-0.1, -0.05) is 25.2 Å². The van der Waals surface area contributed by atoms with E-state index in [0.29, 0.717) is 5.01 Å². The lowest BCUT2D eigenvalue weighted by molar-refractivity contribution is 0.1000. The van der Waals surface area contributed by atoms with Crippen LogP contribution < -0.4 is 5.73 Å². The van der Waals surface area contributed by atoms with Crippen LogP contribution in [-0.4, -0.2) is 30.5 Å². The van der Waals surface area contributed by atoms with E-state index in [4.69, 9.17) is 5.73 Å². The molecule has 0 bridgehead atoms. The van der Waals surface area contributed by atoms with Crippen LogP contribution in [0.3, 0.4) is 0 Å². The molecule has 4 aromatic rings. The van der Waals surface area contributed by atoms with Crippen LogP contribution in [0, 0.1) is 6.92 Å². The lowest BCUT2D eigenvalue weighted by Crippen LogP contribution is -2.10. The van der Waals surface area contributed by atoms with Gasteiger partial charge in [-0.2, -0.15) is 5.10 Å². The maximum absolute atomic E-state index is 11.4. The topological polar surface area (TPSA) is 102 Å². The molecule has 0 spiro atoms. The van der Waals surface area contributed by atoms with Crippen molar-refractivity contribution in [3.05, 3.63) is 34.7 Å². The largest absolute Gasteiger partial charge is 0.364 e. The number of amides is 1. The molecule has 1 amide bonds. The summed E-state index contributed by atoms with van der Waals surface area (Å²) in [5, 5.41) is 4.56. The fourth-order valence-electron chi connectivity index (χ4n) is 3.01. The second-order valence-electron chi connectivity index (χ2n) is 6.07. The average Bonchev–Trinajstić information content (AvgIpc) is 3.19. The summed E-state index contributed by atoms with van der Waals surface area (Å²) >= 11 is 1.29. The van der Waals surface area contributed by atoms with Gasteiger partial charge in [0.1, 0.15) is 16.7 Å². The summed E-state index contributed by atoms with van der Waals surface area (Å²) in [4.78, 5) is 24.4. The summed E-state index contributed by atoms with van der Waals surface area (Å²) < 4.78 is 1.77. The molecule has 3 N–H and O–H groups in total. The predicted octanol–water partition coefficient (Wildman–Crippen LogP) is 2.86. The number of nitrogens with two attached hydrogens (primary N) is 1. The Kier molecular flexibility index (Phi) is 3.17. The number of pyridine rings is 1. The SMILES string of the molecule is Cc1cc(-c2[nH]c3sc(C(N)=O)nc3c2C(C)C)cn2ncnc12. The van der Waals surface area contributed by atoms with E-state index in [1.165, 1.54) is 11.3 Å². The van der Waals surface area contributed by atoms with Crippen LogP contribution in [0.4, 0.5) is 0 Å². The number of nitrogens with zero attached hydrogens (tertiary/aromatic N) is 4. The van der Waals surface area contributed by atoms with Crippen molar-refractivity contribution in [1.82, 2.24) is 24.6 Å². The van der Waals surface area contributed by atoms with Crippen molar-refractivity contribution in [3.8, 4) is 11.3 Å². The van der Waals surface area contributed by atoms with Crippen LogP contribution in [0.2, 0.25) is 0 Å². The van der Waals surface area contributed by atoms with Crippen LogP contribution in [0.25, 0.3) is 27.3 Å². The first-order chi connectivity index (χ1) is 11.5. The Balaban J connectivity index is 1.99. The molecule has 0 atom stereocenters. The standard InChI is InChI=1S/C16H16N6OS/c1-7(2)10-11(20-15-12(10)21-16(24-15)13(17)23)9-4-8(3)14-18-6-19-22(14)5-9/h4-7,20H,1-3H3,(H2,17,23). The van der Waals surface area contributed by atoms with Crippen molar-refractivity contribution in [1.29, 1.82) is 0 Å².